The van der Waals surface area contributed by atoms with Gasteiger partial charge in [-0.1, -0.05) is 24.3 Å². The van der Waals surface area contributed by atoms with Gasteiger partial charge >= 0.3 is 11.9 Å². The van der Waals surface area contributed by atoms with Crippen molar-refractivity contribution in [3.63, 3.8) is 0 Å². The second kappa shape index (κ2) is 7.03. The van der Waals surface area contributed by atoms with Gasteiger partial charge in [-0.2, -0.15) is 0 Å². The second-order valence-electron chi connectivity index (χ2n) is 7.53. The monoisotopic (exact) mass is 409 g/mol. The SMILES string of the molecule is Cc1ccccc1N1C(=O)C2C(c3ccccn3)NC(CC(=O)O)(C(=O)O)C2C1=O. The van der Waals surface area contributed by atoms with Crippen molar-refractivity contribution < 1.29 is 29.4 Å². The molecule has 4 rings (SSSR count). The number of nitrogens with one attached hydrogen (secondary N) is 1. The predicted octanol–water partition coefficient (Wildman–Crippen LogP) is 1.14. The van der Waals surface area contributed by atoms with E-state index in [1.165, 1.54) is 6.20 Å². The third-order valence-corrected chi connectivity index (χ3v) is 5.83. The number of amides is 2. The summed E-state index contributed by atoms with van der Waals surface area (Å²) in [6.45, 7) is 1.74. The molecule has 2 aromatic rings. The molecular formula is C21H19N3O6. The van der Waals surface area contributed by atoms with Crippen LogP contribution in [0.2, 0.25) is 0 Å². The van der Waals surface area contributed by atoms with Gasteiger partial charge in [0, 0.05) is 6.20 Å². The molecule has 0 radical (unpaired) electrons. The molecule has 2 fully saturated rings. The van der Waals surface area contributed by atoms with Crippen LogP contribution >= 0.6 is 0 Å². The molecule has 2 aliphatic rings. The molecule has 9 nitrogen and oxygen atoms in total. The lowest BCUT2D eigenvalue weighted by molar-refractivity contribution is -0.154. The summed E-state index contributed by atoms with van der Waals surface area (Å²) in [6.07, 6.45) is 0.637. The van der Waals surface area contributed by atoms with Crippen molar-refractivity contribution in [2.24, 2.45) is 11.8 Å². The maximum absolute atomic E-state index is 13.4. The number of carbonyl (C=O) groups is 4. The van der Waals surface area contributed by atoms with E-state index in [1.807, 2.05) is 0 Å². The maximum Gasteiger partial charge on any atom is 0.325 e. The topological polar surface area (TPSA) is 137 Å². The number of hydrogen-bond donors (Lipinski definition) is 3. The van der Waals surface area contributed by atoms with Crippen molar-refractivity contribution in [1.82, 2.24) is 10.3 Å². The molecule has 4 atom stereocenters. The second-order valence-corrected chi connectivity index (χ2v) is 7.53. The molecule has 0 aliphatic carbocycles. The molecule has 2 aliphatic heterocycles. The Labute approximate surface area is 171 Å². The van der Waals surface area contributed by atoms with Crippen LogP contribution in [0.1, 0.15) is 23.7 Å². The lowest BCUT2D eigenvalue weighted by Gasteiger charge is -2.29. The number of aromatic nitrogens is 1. The van der Waals surface area contributed by atoms with Gasteiger partial charge in [0.05, 0.1) is 35.7 Å². The number of anilines is 1. The highest BCUT2D eigenvalue weighted by atomic mass is 16.4. The zero-order valence-electron chi connectivity index (χ0n) is 16.0. The number of para-hydroxylation sites is 1. The van der Waals surface area contributed by atoms with Gasteiger partial charge < -0.3 is 10.2 Å². The molecule has 1 aromatic heterocycles. The molecule has 2 saturated heterocycles. The summed E-state index contributed by atoms with van der Waals surface area (Å²) in [5.41, 5.74) is -0.742. The first-order chi connectivity index (χ1) is 14.3. The first kappa shape index (κ1) is 19.7. The van der Waals surface area contributed by atoms with E-state index in [9.17, 15) is 29.4 Å². The number of fused-ring (bicyclic) bond motifs is 1. The summed E-state index contributed by atoms with van der Waals surface area (Å²) in [4.78, 5) is 55.9. The van der Waals surface area contributed by atoms with E-state index in [-0.39, 0.29) is 0 Å². The number of carbonyl (C=O) groups excluding carboxylic acids is 2. The minimum atomic E-state index is -2.14. The molecule has 2 amide bonds. The Hall–Kier alpha value is -3.59. The number of nitrogens with zero attached hydrogens (tertiary/aromatic N) is 2. The highest BCUT2D eigenvalue weighted by Crippen LogP contribution is 2.50. The summed E-state index contributed by atoms with van der Waals surface area (Å²) >= 11 is 0. The number of aryl methyl sites for hydroxylation is 1. The van der Waals surface area contributed by atoms with Crippen LogP contribution in [0.3, 0.4) is 0 Å². The van der Waals surface area contributed by atoms with E-state index >= 15 is 0 Å². The minimum Gasteiger partial charge on any atom is -0.481 e. The summed E-state index contributed by atoms with van der Waals surface area (Å²) < 4.78 is 0. The average molecular weight is 409 g/mol. The van der Waals surface area contributed by atoms with Crippen LogP contribution in [-0.2, 0) is 19.2 Å². The first-order valence-electron chi connectivity index (χ1n) is 9.35. The van der Waals surface area contributed by atoms with Crippen LogP contribution in [0.5, 0.6) is 0 Å². The Bertz CT molecular complexity index is 1060. The van der Waals surface area contributed by atoms with Gasteiger partial charge in [0.1, 0.15) is 5.54 Å². The number of aliphatic carboxylic acids is 2. The van der Waals surface area contributed by atoms with Gasteiger partial charge in [0.25, 0.3) is 0 Å². The number of benzene rings is 1. The van der Waals surface area contributed by atoms with Crippen LogP contribution in [0.25, 0.3) is 0 Å². The summed E-state index contributed by atoms with van der Waals surface area (Å²) in [6, 6.07) is 10.8. The molecule has 1 aromatic carbocycles. The Balaban J connectivity index is 1.89. The van der Waals surface area contributed by atoms with E-state index in [2.05, 4.69) is 10.3 Å². The quantitative estimate of drug-likeness (QED) is 0.625. The lowest BCUT2D eigenvalue weighted by atomic mass is 9.78. The van der Waals surface area contributed by atoms with Crippen LogP contribution < -0.4 is 10.2 Å². The molecule has 0 bridgehead atoms. The van der Waals surface area contributed by atoms with Crippen LogP contribution in [0.15, 0.2) is 48.7 Å². The largest absolute Gasteiger partial charge is 0.481 e. The standard InChI is InChI=1S/C21H19N3O6/c1-11-6-2-3-8-13(11)24-18(27)15-16(19(24)28)21(20(29)30,10-14(25)26)23-17(15)12-7-4-5-9-22-12/h2-9,15-17,23H,10H2,1H3,(H,25,26)(H,29,30). The number of pyridine rings is 1. The van der Waals surface area contributed by atoms with Crippen molar-refractivity contribution in [3.8, 4) is 0 Å². The van der Waals surface area contributed by atoms with E-state index in [0.717, 1.165) is 4.90 Å². The van der Waals surface area contributed by atoms with E-state index in [1.54, 1.807) is 49.4 Å². The average Bonchev–Trinajstić information content (AvgIpc) is 3.18. The molecule has 0 spiro atoms. The molecule has 0 saturated carbocycles. The fourth-order valence-corrected chi connectivity index (χ4v) is 4.54. The van der Waals surface area contributed by atoms with E-state index < -0.39 is 53.6 Å². The first-order valence-corrected chi connectivity index (χ1v) is 9.35. The number of carboxylic acids is 2. The van der Waals surface area contributed by atoms with Gasteiger partial charge in [0.15, 0.2) is 0 Å². The van der Waals surface area contributed by atoms with Crippen LogP contribution in [-0.4, -0.2) is 44.5 Å². The molecule has 154 valence electrons. The summed E-state index contributed by atoms with van der Waals surface area (Å²) in [5, 5.41) is 22.2. The van der Waals surface area contributed by atoms with Gasteiger partial charge in [-0.3, -0.25) is 29.5 Å². The van der Waals surface area contributed by atoms with Crippen molar-refractivity contribution >= 4 is 29.4 Å². The lowest BCUT2D eigenvalue weighted by Crippen LogP contribution is -2.57. The van der Waals surface area contributed by atoms with Gasteiger partial charge in [-0.15, -0.1) is 0 Å². The van der Waals surface area contributed by atoms with Crippen molar-refractivity contribution in [1.29, 1.82) is 0 Å². The third-order valence-electron chi connectivity index (χ3n) is 5.83. The molecule has 30 heavy (non-hydrogen) atoms. The zero-order valence-corrected chi connectivity index (χ0v) is 16.0. The Morgan fingerprint density at radius 2 is 1.80 bits per heavy atom. The van der Waals surface area contributed by atoms with Crippen molar-refractivity contribution in [2.75, 3.05) is 4.90 Å². The smallest absolute Gasteiger partial charge is 0.325 e. The molecule has 4 unspecified atom stereocenters. The Morgan fingerprint density at radius 3 is 2.40 bits per heavy atom. The molecule has 3 heterocycles. The number of rotatable bonds is 5. The minimum absolute atomic E-state index is 0.358. The van der Waals surface area contributed by atoms with Gasteiger partial charge in [-0.25, -0.2) is 4.90 Å². The summed E-state index contributed by atoms with van der Waals surface area (Å²) in [7, 11) is 0. The Kier molecular flexibility index (Phi) is 4.62. The third kappa shape index (κ3) is 2.78. The fraction of sp³-hybridized carbons (Fsp3) is 0.286. The van der Waals surface area contributed by atoms with E-state index in [4.69, 9.17) is 0 Å². The highest BCUT2D eigenvalue weighted by molar-refractivity contribution is 6.24. The zero-order chi connectivity index (χ0) is 21.6. The predicted molar refractivity (Wildman–Crippen MR) is 103 cm³/mol. The molecule has 3 N–H and O–H groups in total. The van der Waals surface area contributed by atoms with E-state index in [0.29, 0.717) is 16.9 Å². The van der Waals surface area contributed by atoms with Crippen LogP contribution in [0, 0.1) is 18.8 Å². The normalized spacial score (nSPS) is 27.9. The highest BCUT2D eigenvalue weighted by Gasteiger charge is 2.69. The number of carboxylic acid groups (broad SMARTS) is 2. The summed E-state index contributed by atoms with van der Waals surface area (Å²) in [5.74, 6) is -6.66. The number of hydrogen-bond acceptors (Lipinski definition) is 6. The van der Waals surface area contributed by atoms with Crippen molar-refractivity contribution in [2.45, 2.75) is 24.9 Å². The fourth-order valence-electron chi connectivity index (χ4n) is 4.54. The van der Waals surface area contributed by atoms with Crippen LogP contribution in [0.4, 0.5) is 5.69 Å². The number of imide groups is 1. The molecule has 9 heteroatoms. The molecular weight excluding hydrogens is 390 g/mol. The maximum atomic E-state index is 13.4. The van der Waals surface area contributed by atoms with Gasteiger partial charge in [0.2, 0.25) is 11.8 Å². The Morgan fingerprint density at radius 1 is 1.10 bits per heavy atom. The van der Waals surface area contributed by atoms with Gasteiger partial charge in [-0.05, 0) is 30.7 Å². The van der Waals surface area contributed by atoms with Crippen molar-refractivity contribution in [3.05, 3.63) is 59.9 Å².